The van der Waals surface area contributed by atoms with Gasteiger partial charge in [-0.05, 0) is 13.3 Å². The molecule has 1 N–H and O–H groups in total. The average Bonchev–Trinajstić information content (AvgIpc) is 3.00. The average molecular weight is 340 g/mol. The first-order valence-electron chi connectivity index (χ1n) is 8.42. The van der Waals surface area contributed by atoms with E-state index >= 15 is 0 Å². The number of nitrogens with one attached hydrogen (secondary N) is 1. The molecule has 0 bridgehead atoms. The molecule has 1 aromatic heterocycles. The van der Waals surface area contributed by atoms with Gasteiger partial charge in [-0.15, -0.1) is 0 Å². The molecule has 1 aliphatic rings. The molecule has 1 atom stereocenters. The minimum atomic E-state index is -0.127. The highest BCUT2D eigenvalue weighted by molar-refractivity contribution is 8.00. The van der Waals surface area contributed by atoms with Crippen molar-refractivity contribution in [3.63, 3.8) is 0 Å². The first kappa shape index (κ1) is 18.1. The van der Waals surface area contributed by atoms with Gasteiger partial charge in [0.15, 0.2) is 11.8 Å². The summed E-state index contributed by atoms with van der Waals surface area (Å²) in [6, 6.07) is 0. The van der Waals surface area contributed by atoms with Crippen molar-refractivity contribution in [1.29, 1.82) is 0 Å². The fourth-order valence-electron chi connectivity index (χ4n) is 2.35. The largest absolute Gasteiger partial charge is 0.357 e. The van der Waals surface area contributed by atoms with Crippen molar-refractivity contribution in [3.05, 3.63) is 11.7 Å². The summed E-state index contributed by atoms with van der Waals surface area (Å²) in [6.45, 7) is 13.9. The van der Waals surface area contributed by atoms with Crippen LogP contribution in [0.4, 0.5) is 0 Å². The Balaban J connectivity index is 2.05. The maximum absolute atomic E-state index is 5.33. The van der Waals surface area contributed by atoms with Crippen LogP contribution in [0.3, 0.4) is 0 Å². The van der Waals surface area contributed by atoms with Crippen LogP contribution < -0.4 is 5.32 Å². The van der Waals surface area contributed by atoms with Crippen molar-refractivity contribution in [2.75, 3.05) is 25.4 Å². The number of aliphatic imine (C=N–C) groups is 1. The van der Waals surface area contributed by atoms with E-state index in [0.717, 1.165) is 31.3 Å². The van der Waals surface area contributed by atoms with Gasteiger partial charge in [0.2, 0.25) is 5.89 Å². The van der Waals surface area contributed by atoms with E-state index < -0.39 is 0 Å². The van der Waals surface area contributed by atoms with Gasteiger partial charge in [-0.3, -0.25) is 0 Å². The lowest BCUT2D eigenvalue weighted by atomic mass is 9.97. The molecule has 2 heterocycles. The fraction of sp³-hybridized carbons (Fsp3) is 0.812. The smallest absolute Gasteiger partial charge is 0.232 e. The molecule has 0 amide bonds. The molecular formula is C16H29N5OS. The summed E-state index contributed by atoms with van der Waals surface area (Å²) in [5, 5.41) is 8.12. The molecule has 1 aromatic rings. The lowest BCUT2D eigenvalue weighted by molar-refractivity contribution is 0.318. The Morgan fingerprint density at radius 3 is 2.83 bits per heavy atom. The summed E-state index contributed by atoms with van der Waals surface area (Å²) in [5.41, 5.74) is -0.127. The Kier molecular flexibility index (Phi) is 6.33. The van der Waals surface area contributed by atoms with Crippen molar-refractivity contribution < 1.29 is 4.52 Å². The van der Waals surface area contributed by atoms with Gasteiger partial charge in [0.25, 0.3) is 0 Å². The highest BCUT2D eigenvalue weighted by atomic mass is 32.2. The van der Waals surface area contributed by atoms with Crippen LogP contribution >= 0.6 is 11.8 Å². The third kappa shape index (κ3) is 5.12. The maximum Gasteiger partial charge on any atom is 0.232 e. The molecule has 2 rings (SSSR count). The van der Waals surface area contributed by atoms with E-state index in [1.54, 1.807) is 0 Å². The van der Waals surface area contributed by atoms with Gasteiger partial charge >= 0.3 is 0 Å². The molecule has 23 heavy (non-hydrogen) atoms. The number of aromatic nitrogens is 2. The third-order valence-corrected chi connectivity index (χ3v) is 5.08. The third-order valence-electron chi connectivity index (χ3n) is 3.71. The predicted molar refractivity (Wildman–Crippen MR) is 95.9 cm³/mol. The van der Waals surface area contributed by atoms with Crippen molar-refractivity contribution in [3.8, 4) is 0 Å². The zero-order valence-corrected chi connectivity index (χ0v) is 15.7. The predicted octanol–water partition coefficient (Wildman–Crippen LogP) is 2.66. The highest BCUT2D eigenvalue weighted by Crippen LogP contribution is 2.22. The summed E-state index contributed by atoms with van der Waals surface area (Å²) in [7, 11) is 0. The van der Waals surface area contributed by atoms with Gasteiger partial charge < -0.3 is 14.7 Å². The molecule has 0 aliphatic carbocycles. The first-order valence-corrected chi connectivity index (χ1v) is 9.46. The summed E-state index contributed by atoms with van der Waals surface area (Å²) >= 11 is 2.06. The van der Waals surface area contributed by atoms with Gasteiger partial charge in [0, 0.05) is 36.1 Å². The van der Waals surface area contributed by atoms with Crippen molar-refractivity contribution in [2.24, 2.45) is 4.99 Å². The zero-order chi connectivity index (χ0) is 16.9. The van der Waals surface area contributed by atoms with E-state index in [0.29, 0.717) is 23.5 Å². The zero-order valence-electron chi connectivity index (χ0n) is 14.9. The number of rotatable bonds is 4. The van der Waals surface area contributed by atoms with Gasteiger partial charge in [-0.1, -0.05) is 32.9 Å². The summed E-state index contributed by atoms with van der Waals surface area (Å²) < 4.78 is 5.33. The Labute approximate surface area is 143 Å². The number of nitrogens with zero attached hydrogens (tertiary/aromatic N) is 4. The second-order valence-electron chi connectivity index (χ2n) is 6.78. The second-order valence-corrected chi connectivity index (χ2v) is 8.19. The molecule has 6 nitrogen and oxygen atoms in total. The molecule has 1 unspecified atom stereocenters. The van der Waals surface area contributed by atoms with Gasteiger partial charge in [-0.25, -0.2) is 4.99 Å². The molecule has 0 aromatic carbocycles. The molecule has 0 saturated carbocycles. The lowest BCUT2D eigenvalue weighted by Gasteiger charge is -2.34. The molecule has 1 fully saturated rings. The number of thioether (sulfide) groups is 1. The second kappa shape index (κ2) is 8.04. The van der Waals surface area contributed by atoms with Gasteiger partial charge in [0.1, 0.15) is 6.54 Å². The normalized spacial score (nSPS) is 20.0. The summed E-state index contributed by atoms with van der Waals surface area (Å²) in [4.78, 5) is 11.5. The van der Waals surface area contributed by atoms with Gasteiger partial charge in [-0.2, -0.15) is 16.7 Å². The Morgan fingerprint density at radius 1 is 1.43 bits per heavy atom. The minimum Gasteiger partial charge on any atom is -0.357 e. The number of hydrogen-bond donors (Lipinski definition) is 1. The molecule has 0 spiro atoms. The molecular weight excluding hydrogens is 310 g/mol. The fourth-order valence-corrected chi connectivity index (χ4v) is 3.53. The van der Waals surface area contributed by atoms with Crippen LogP contribution in [0.2, 0.25) is 0 Å². The lowest BCUT2D eigenvalue weighted by Crippen LogP contribution is -2.48. The quantitative estimate of drug-likeness (QED) is 0.672. The van der Waals surface area contributed by atoms with Crippen LogP contribution in [0.25, 0.3) is 0 Å². The van der Waals surface area contributed by atoms with E-state index in [1.807, 2.05) is 0 Å². The molecule has 0 radical (unpaired) electrons. The maximum atomic E-state index is 5.33. The Morgan fingerprint density at radius 2 is 2.22 bits per heavy atom. The van der Waals surface area contributed by atoms with Crippen molar-refractivity contribution in [1.82, 2.24) is 20.4 Å². The summed E-state index contributed by atoms with van der Waals surface area (Å²) in [5.74, 6) is 3.41. The molecule has 1 aliphatic heterocycles. The number of guanidine groups is 1. The van der Waals surface area contributed by atoms with Crippen LogP contribution in [-0.4, -0.2) is 51.6 Å². The highest BCUT2D eigenvalue weighted by Gasteiger charge is 2.23. The van der Waals surface area contributed by atoms with E-state index in [1.165, 1.54) is 6.42 Å². The monoisotopic (exact) mass is 339 g/mol. The van der Waals surface area contributed by atoms with E-state index in [9.17, 15) is 0 Å². The van der Waals surface area contributed by atoms with Crippen molar-refractivity contribution >= 4 is 17.7 Å². The van der Waals surface area contributed by atoms with Crippen LogP contribution in [0.1, 0.15) is 52.8 Å². The number of hydrogen-bond acceptors (Lipinski definition) is 5. The topological polar surface area (TPSA) is 66.5 Å². The van der Waals surface area contributed by atoms with E-state index in [2.05, 4.69) is 66.7 Å². The van der Waals surface area contributed by atoms with Crippen LogP contribution in [0, 0.1) is 0 Å². The minimum absolute atomic E-state index is 0.127. The van der Waals surface area contributed by atoms with E-state index in [-0.39, 0.29) is 5.41 Å². The molecule has 7 heteroatoms. The summed E-state index contributed by atoms with van der Waals surface area (Å²) in [6.07, 6.45) is 1.19. The Bertz CT molecular complexity index is 523. The van der Waals surface area contributed by atoms with Crippen LogP contribution in [-0.2, 0) is 12.0 Å². The van der Waals surface area contributed by atoms with Crippen LogP contribution in [0.5, 0.6) is 0 Å². The van der Waals surface area contributed by atoms with Crippen LogP contribution in [0.15, 0.2) is 9.52 Å². The van der Waals surface area contributed by atoms with Gasteiger partial charge in [0.05, 0.1) is 0 Å². The SMILES string of the molecule is CCNC(=NCc1noc(C(C)(C)C)n1)N1CCSC(CC)C1. The standard InChI is InChI=1S/C16H29N5OS/c1-6-12-11-21(8-9-23-12)15(17-7-2)18-10-13-19-14(22-20-13)16(3,4)5/h12H,6-11H2,1-5H3,(H,17,18). The van der Waals surface area contributed by atoms with Crippen molar-refractivity contribution in [2.45, 2.75) is 58.2 Å². The first-order chi connectivity index (χ1) is 10.9. The molecule has 1 saturated heterocycles. The van der Waals surface area contributed by atoms with E-state index in [4.69, 9.17) is 9.52 Å². The Hall–Kier alpha value is -1.24. The molecule has 130 valence electrons.